The summed E-state index contributed by atoms with van der Waals surface area (Å²) in [5.74, 6) is 2.73. The summed E-state index contributed by atoms with van der Waals surface area (Å²) in [4.78, 5) is 28.5. The van der Waals surface area contributed by atoms with Gasteiger partial charge in [-0.2, -0.15) is 0 Å². The first-order valence-electron chi connectivity index (χ1n) is 11.2. The number of piperazine rings is 1. The lowest BCUT2D eigenvalue weighted by Gasteiger charge is -2.35. The largest absolute Gasteiger partial charge is 0.457 e. The van der Waals surface area contributed by atoms with Gasteiger partial charge in [0.25, 0.3) is 0 Å². The lowest BCUT2D eigenvalue weighted by atomic mass is 10.2. The molecule has 1 aliphatic rings. The van der Waals surface area contributed by atoms with Crippen LogP contribution in [0.1, 0.15) is 0 Å². The molecule has 10 nitrogen and oxygen atoms in total. The van der Waals surface area contributed by atoms with E-state index in [0.717, 1.165) is 11.6 Å². The van der Waals surface area contributed by atoms with Crippen LogP contribution in [0.15, 0.2) is 85.3 Å². The Morgan fingerprint density at radius 2 is 1.49 bits per heavy atom. The number of benzene rings is 2. The van der Waals surface area contributed by atoms with Crippen LogP contribution in [0.4, 0.5) is 28.8 Å². The molecule has 10 heteroatoms. The molecule has 1 N–H and O–H groups in total. The van der Waals surface area contributed by atoms with Gasteiger partial charge in [-0.25, -0.2) is 15.0 Å². The minimum absolute atomic E-state index is 0.142. The second-order valence-electron chi connectivity index (χ2n) is 7.88. The molecular weight excluding hydrogens is 446 g/mol. The average Bonchev–Trinajstić information content (AvgIpc) is 2.91. The van der Waals surface area contributed by atoms with Crippen LogP contribution in [0.25, 0.3) is 0 Å². The van der Waals surface area contributed by atoms with Crippen molar-refractivity contribution in [3.05, 3.63) is 95.4 Å². The number of anilines is 4. The molecule has 1 aliphatic heterocycles. The Hall–Kier alpha value is -4.73. The second kappa shape index (κ2) is 10.0. The van der Waals surface area contributed by atoms with Gasteiger partial charge in [0.15, 0.2) is 0 Å². The first-order chi connectivity index (χ1) is 17.2. The minimum atomic E-state index is -0.435. The summed E-state index contributed by atoms with van der Waals surface area (Å²) in [5.41, 5.74) is 0.501. The van der Waals surface area contributed by atoms with Crippen molar-refractivity contribution in [2.24, 2.45) is 0 Å². The van der Waals surface area contributed by atoms with Gasteiger partial charge in [-0.05, 0) is 48.5 Å². The number of hydrogen-bond donors (Lipinski definition) is 1. The minimum Gasteiger partial charge on any atom is -0.457 e. The smallest absolute Gasteiger partial charge is 0.353 e. The van der Waals surface area contributed by atoms with Gasteiger partial charge in [0.05, 0.1) is 4.92 Å². The molecular formula is C25H23N7O3. The third-order valence-electron chi connectivity index (χ3n) is 5.63. The number of rotatable bonds is 7. The molecule has 0 spiro atoms. The summed E-state index contributed by atoms with van der Waals surface area (Å²) in [6, 6.07) is 22.4. The summed E-state index contributed by atoms with van der Waals surface area (Å²) in [5, 5.41) is 15.1. The van der Waals surface area contributed by atoms with E-state index in [2.05, 4.69) is 25.2 Å². The van der Waals surface area contributed by atoms with Gasteiger partial charge in [-0.1, -0.05) is 24.3 Å². The molecule has 35 heavy (non-hydrogen) atoms. The molecule has 176 valence electrons. The van der Waals surface area contributed by atoms with Gasteiger partial charge in [-0.15, -0.1) is 0 Å². The van der Waals surface area contributed by atoms with E-state index < -0.39 is 4.92 Å². The Kier molecular flexibility index (Phi) is 6.33. The van der Waals surface area contributed by atoms with Gasteiger partial charge < -0.3 is 19.9 Å². The maximum absolute atomic E-state index is 12.0. The number of aromatic nitrogens is 3. The molecule has 5 rings (SSSR count). The SMILES string of the molecule is O=[N+]([O-])c1c(Nc2ccc(Oc3ccccc3)cc2)ncnc1N1CCN(c2ccccn2)CC1. The second-order valence-corrected chi connectivity index (χ2v) is 7.88. The van der Waals surface area contributed by atoms with Crippen LogP contribution in [0.3, 0.4) is 0 Å². The van der Waals surface area contributed by atoms with E-state index in [0.29, 0.717) is 43.4 Å². The zero-order valence-electron chi connectivity index (χ0n) is 18.8. The van der Waals surface area contributed by atoms with Gasteiger partial charge >= 0.3 is 5.69 Å². The van der Waals surface area contributed by atoms with E-state index in [1.165, 1.54) is 6.33 Å². The summed E-state index contributed by atoms with van der Waals surface area (Å²) in [7, 11) is 0. The first-order valence-corrected chi connectivity index (χ1v) is 11.2. The number of pyridine rings is 1. The number of para-hydroxylation sites is 1. The molecule has 0 radical (unpaired) electrons. The Balaban J connectivity index is 1.31. The van der Waals surface area contributed by atoms with E-state index >= 15 is 0 Å². The Bertz CT molecular complexity index is 1280. The highest BCUT2D eigenvalue weighted by Gasteiger charge is 2.29. The van der Waals surface area contributed by atoms with Crippen LogP contribution >= 0.6 is 0 Å². The van der Waals surface area contributed by atoms with Crippen LogP contribution < -0.4 is 19.9 Å². The molecule has 1 fully saturated rings. The fraction of sp³-hybridized carbons (Fsp3) is 0.160. The number of nitrogens with one attached hydrogen (secondary N) is 1. The van der Waals surface area contributed by atoms with Crippen LogP contribution in [0.5, 0.6) is 11.5 Å². The third kappa shape index (κ3) is 5.11. The molecule has 0 aliphatic carbocycles. The fourth-order valence-electron chi connectivity index (χ4n) is 3.92. The van der Waals surface area contributed by atoms with Crippen LogP contribution in [0, 0.1) is 10.1 Å². The highest BCUT2D eigenvalue weighted by Crippen LogP contribution is 2.34. The number of nitro groups is 1. The molecule has 0 unspecified atom stereocenters. The average molecular weight is 470 g/mol. The van der Waals surface area contributed by atoms with Crippen LogP contribution in [-0.4, -0.2) is 46.1 Å². The number of ether oxygens (including phenoxy) is 1. The predicted octanol–water partition coefficient (Wildman–Crippen LogP) is 4.64. The molecule has 3 heterocycles. The van der Waals surface area contributed by atoms with Gasteiger partial charge in [-0.3, -0.25) is 10.1 Å². The monoisotopic (exact) mass is 469 g/mol. The lowest BCUT2D eigenvalue weighted by molar-refractivity contribution is -0.383. The van der Waals surface area contributed by atoms with Crippen molar-refractivity contribution >= 4 is 28.8 Å². The molecule has 0 bridgehead atoms. The highest BCUT2D eigenvalue weighted by atomic mass is 16.6. The maximum atomic E-state index is 12.0. The lowest BCUT2D eigenvalue weighted by Crippen LogP contribution is -2.47. The van der Waals surface area contributed by atoms with E-state index in [1.54, 1.807) is 30.5 Å². The fourth-order valence-corrected chi connectivity index (χ4v) is 3.92. The first kappa shape index (κ1) is 22.1. The summed E-state index contributed by atoms with van der Waals surface area (Å²) in [6.07, 6.45) is 3.11. The molecule has 0 atom stereocenters. The van der Waals surface area contributed by atoms with Crippen molar-refractivity contribution in [2.45, 2.75) is 0 Å². The predicted molar refractivity (Wildman–Crippen MR) is 134 cm³/mol. The number of nitrogens with zero attached hydrogens (tertiary/aromatic N) is 6. The zero-order valence-corrected chi connectivity index (χ0v) is 18.8. The topological polar surface area (TPSA) is 110 Å². The van der Waals surface area contributed by atoms with Gasteiger partial charge in [0.2, 0.25) is 11.6 Å². The maximum Gasteiger partial charge on any atom is 0.353 e. The van der Waals surface area contributed by atoms with Crippen LogP contribution in [0.2, 0.25) is 0 Å². The molecule has 1 saturated heterocycles. The molecule has 4 aromatic rings. The van der Waals surface area contributed by atoms with Crippen molar-refractivity contribution in [2.75, 3.05) is 41.3 Å². The van der Waals surface area contributed by atoms with E-state index in [9.17, 15) is 10.1 Å². The summed E-state index contributed by atoms with van der Waals surface area (Å²) in [6.45, 7) is 2.53. The Labute approximate surface area is 202 Å². The van der Waals surface area contributed by atoms with E-state index in [4.69, 9.17) is 4.74 Å². The summed E-state index contributed by atoms with van der Waals surface area (Å²) >= 11 is 0. The zero-order chi connectivity index (χ0) is 24.0. The quantitative estimate of drug-likeness (QED) is 0.306. The normalized spacial score (nSPS) is 13.4. The third-order valence-corrected chi connectivity index (χ3v) is 5.63. The number of hydrogen-bond acceptors (Lipinski definition) is 9. The summed E-state index contributed by atoms with van der Waals surface area (Å²) < 4.78 is 5.81. The van der Waals surface area contributed by atoms with Crippen molar-refractivity contribution in [1.29, 1.82) is 0 Å². The van der Waals surface area contributed by atoms with Crippen molar-refractivity contribution in [3.63, 3.8) is 0 Å². The van der Waals surface area contributed by atoms with E-state index in [1.807, 2.05) is 53.4 Å². The molecule has 2 aromatic carbocycles. The standard InChI is InChI=1S/C25H23N7O3/c33-32(34)23-24(29-19-9-11-21(12-10-19)35-20-6-2-1-3-7-20)27-18-28-25(23)31-16-14-30(15-17-31)22-8-4-5-13-26-22/h1-13,18H,14-17H2,(H,27,28,29). The molecule has 0 amide bonds. The Morgan fingerprint density at radius 1 is 0.800 bits per heavy atom. The van der Waals surface area contributed by atoms with Crippen molar-refractivity contribution in [1.82, 2.24) is 15.0 Å². The van der Waals surface area contributed by atoms with E-state index in [-0.39, 0.29) is 11.5 Å². The van der Waals surface area contributed by atoms with Crippen LogP contribution in [-0.2, 0) is 0 Å². The van der Waals surface area contributed by atoms with Gasteiger partial charge in [0, 0.05) is 38.1 Å². The molecule has 0 saturated carbocycles. The molecule has 2 aromatic heterocycles. The van der Waals surface area contributed by atoms with Crippen molar-refractivity contribution in [3.8, 4) is 11.5 Å². The van der Waals surface area contributed by atoms with Gasteiger partial charge in [0.1, 0.15) is 23.6 Å². The highest BCUT2D eigenvalue weighted by molar-refractivity contribution is 5.74. The Morgan fingerprint density at radius 3 is 2.17 bits per heavy atom. The van der Waals surface area contributed by atoms with Crippen molar-refractivity contribution < 1.29 is 9.66 Å².